The van der Waals surface area contributed by atoms with Gasteiger partial charge in [0.15, 0.2) is 0 Å². The Morgan fingerprint density at radius 3 is 2.96 bits per heavy atom. The highest BCUT2D eigenvalue weighted by molar-refractivity contribution is 5.51. The van der Waals surface area contributed by atoms with Crippen molar-refractivity contribution < 1.29 is 9.47 Å². The van der Waals surface area contributed by atoms with Gasteiger partial charge in [-0.2, -0.15) is 5.26 Å². The Morgan fingerprint density at radius 1 is 1.24 bits per heavy atom. The molecule has 25 heavy (non-hydrogen) atoms. The fourth-order valence-electron chi connectivity index (χ4n) is 2.68. The van der Waals surface area contributed by atoms with Crippen molar-refractivity contribution in [1.29, 1.82) is 5.26 Å². The van der Waals surface area contributed by atoms with Crippen molar-refractivity contribution in [3.05, 3.63) is 53.7 Å². The first kappa shape index (κ1) is 17.2. The lowest BCUT2D eigenvalue weighted by atomic mass is 10.2. The zero-order chi connectivity index (χ0) is 17.3. The SMILES string of the molecule is N#Cc1cccnc1NCc1cccc(OCCN2CCOCC2)c1. The monoisotopic (exact) mass is 338 g/mol. The van der Waals surface area contributed by atoms with E-state index in [1.54, 1.807) is 18.3 Å². The number of rotatable bonds is 7. The Balaban J connectivity index is 1.50. The zero-order valence-electron chi connectivity index (χ0n) is 14.1. The maximum atomic E-state index is 9.10. The molecule has 2 heterocycles. The second-order valence-electron chi connectivity index (χ2n) is 5.81. The van der Waals surface area contributed by atoms with Crippen LogP contribution in [0.5, 0.6) is 5.75 Å². The number of hydrogen-bond acceptors (Lipinski definition) is 6. The average molecular weight is 338 g/mol. The maximum Gasteiger partial charge on any atom is 0.144 e. The van der Waals surface area contributed by atoms with Crippen LogP contribution in [-0.2, 0) is 11.3 Å². The molecule has 1 aromatic heterocycles. The van der Waals surface area contributed by atoms with E-state index < -0.39 is 0 Å². The number of anilines is 1. The van der Waals surface area contributed by atoms with Gasteiger partial charge < -0.3 is 14.8 Å². The highest BCUT2D eigenvalue weighted by Crippen LogP contribution is 2.16. The molecular weight excluding hydrogens is 316 g/mol. The minimum absolute atomic E-state index is 0.542. The van der Waals surface area contributed by atoms with Gasteiger partial charge in [0, 0.05) is 32.4 Å². The van der Waals surface area contributed by atoms with E-state index in [2.05, 4.69) is 21.3 Å². The van der Waals surface area contributed by atoms with Crippen molar-refractivity contribution in [2.45, 2.75) is 6.54 Å². The van der Waals surface area contributed by atoms with Gasteiger partial charge in [-0.25, -0.2) is 4.98 Å². The van der Waals surface area contributed by atoms with Gasteiger partial charge in [-0.1, -0.05) is 12.1 Å². The Morgan fingerprint density at radius 2 is 2.12 bits per heavy atom. The van der Waals surface area contributed by atoms with Crippen molar-refractivity contribution in [3.8, 4) is 11.8 Å². The first-order valence-electron chi connectivity index (χ1n) is 8.46. The van der Waals surface area contributed by atoms with Crippen LogP contribution in [0.4, 0.5) is 5.82 Å². The number of benzene rings is 1. The van der Waals surface area contributed by atoms with Crippen LogP contribution < -0.4 is 10.1 Å². The van der Waals surface area contributed by atoms with Gasteiger partial charge in [-0.05, 0) is 29.8 Å². The quantitative estimate of drug-likeness (QED) is 0.835. The lowest BCUT2D eigenvalue weighted by Gasteiger charge is -2.26. The predicted molar refractivity (Wildman–Crippen MR) is 95.5 cm³/mol. The number of morpholine rings is 1. The molecule has 1 fully saturated rings. The molecule has 1 aliphatic heterocycles. The molecule has 0 unspecified atom stereocenters. The van der Waals surface area contributed by atoms with Crippen LogP contribution in [0.25, 0.3) is 0 Å². The largest absolute Gasteiger partial charge is 0.492 e. The Hall–Kier alpha value is -2.62. The van der Waals surface area contributed by atoms with E-state index in [1.165, 1.54) is 0 Å². The summed E-state index contributed by atoms with van der Waals surface area (Å²) in [5.74, 6) is 1.46. The van der Waals surface area contributed by atoms with E-state index in [1.807, 2.05) is 24.3 Å². The smallest absolute Gasteiger partial charge is 0.144 e. The molecule has 1 N–H and O–H groups in total. The molecule has 6 heteroatoms. The second kappa shape index (κ2) is 9.02. The lowest BCUT2D eigenvalue weighted by Crippen LogP contribution is -2.38. The van der Waals surface area contributed by atoms with Crippen molar-refractivity contribution in [2.75, 3.05) is 44.8 Å². The molecule has 2 aromatic rings. The van der Waals surface area contributed by atoms with Crippen molar-refractivity contribution in [3.63, 3.8) is 0 Å². The Kier molecular flexibility index (Phi) is 6.21. The fraction of sp³-hybridized carbons (Fsp3) is 0.368. The van der Waals surface area contributed by atoms with Crippen molar-refractivity contribution >= 4 is 5.82 Å². The molecule has 130 valence electrons. The van der Waals surface area contributed by atoms with Gasteiger partial charge in [-0.3, -0.25) is 4.90 Å². The molecule has 0 bridgehead atoms. The lowest BCUT2D eigenvalue weighted by molar-refractivity contribution is 0.0322. The van der Waals surface area contributed by atoms with Crippen LogP contribution in [0.3, 0.4) is 0 Å². The molecular formula is C19H22N4O2. The van der Waals surface area contributed by atoms with Gasteiger partial charge >= 0.3 is 0 Å². The topological polar surface area (TPSA) is 70.4 Å². The maximum absolute atomic E-state index is 9.10. The van der Waals surface area contributed by atoms with E-state index in [0.29, 0.717) is 24.5 Å². The van der Waals surface area contributed by atoms with Crippen molar-refractivity contribution in [1.82, 2.24) is 9.88 Å². The number of nitrogens with one attached hydrogen (secondary N) is 1. The predicted octanol–water partition coefficient (Wildman–Crippen LogP) is 2.28. The summed E-state index contributed by atoms with van der Waals surface area (Å²) in [5.41, 5.74) is 1.62. The third kappa shape index (κ3) is 5.18. The van der Waals surface area contributed by atoms with Crippen molar-refractivity contribution in [2.24, 2.45) is 0 Å². The number of nitriles is 1. The van der Waals surface area contributed by atoms with E-state index >= 15 is 0 Å². The summed E-state index contributed by atoms with van der Waals surface area (Å²) in [6, 6.07) is 13.6. The molecule has 0 radical (unpaired) electrons. The highest BCUT2D eigenvalue weighted by atomic mass is 16.5. The Labute approximate surface area is 148 Å². The first-order chi connectivity index (χ1) is 12.3. The van der Waals surface area contributed by atoms with Gasteiger partial charge in [-0.15, -0.1) is 0 Å². The van der Waals surface area contributed by atoms with Crippen LogP contribution in [0.15, 0.2) is 42.6 Å². The molecule has 0 spiro atoms. The van der Waals surface area contributed by atoms with Crippen LogP contribution in [0.1, 0.15) is 11.1 Å². The third-order valence-electron chi connectivity index (χ3n) is 4.07. The number of pyridine rings is 1. The summed E-state index contributed by atoms with van der Waals surface area (Å²) < 4.78 is 11.2. The summed E-state index contributed by atoms with van der Waals surface area (Å²) in [5, 5.41) is 12.3. The van der Waals surface area contributed by atoms with Crippen LogP contribution in [0.2, 0.25) is 0 Å². The van der Waals surface area contributed by atoms with Gasteiger partial charge in [0.05, 0.1) is 18.8 Å². The van der Waals surface area contributed by atoms with Crippen LogP contribution in [-0.4, -0.2) is 49.3 Å². The molecule has 0 amide bonds. The van der Waals surface area contributed by atoms with Gasteiger partial charge in [0.2, 0.25) is 0 Å². The normalized spacial score (nSPS) is 14.7. The zero-order valence-corrected chi connectivity index (χ0v) is 14.1. The molecule has 3 rings (SSSR count). The molecule has 0 saturated carbocycles. The number of ether oxygens (including phenoxy) is 2. The molecule has 0 aliphatic carbocycles. The number of hydrogen-bond donors (Lipinski definition) is 1. The summed E-state index contributed by atoms with van der Waals surface area (Å²) in [7, 11) is 0. The number of aromatic nitrogens is 1. The highest BCUT2D eigenvalue weighted by Gasteiger charge is 2.09. The first-order valence-corrected chi connectivity index (χ1v) is 8.46. The van der Waals surface area contributed by atoms with Crippen LogP contribution in [0, 0.1) is 11.3 Å². The van der Waals surface area contributed by atoms with Gasteiger partial charge in [0.1, 0.15) is 24.2 Å². The molecule has 6 nitrogen and oxygen atoms in total. The summed E-state index contributed by atoms with van der Waals surface area (Å²) >= 11 is 0. The molecule has 1 saturated heterocycles. The minimum Gasteiger partial charge on any atom is -0.492 e. The summed E-state index contributed by atoms with van der Waals surface area (Å²) in [6.45, 7) is 5.71. The van der Waals surface area contributed by atoms with Crippen LogP contribution >= 0.6 is 0 Å². The van der Waals surface area contributed by atoms with E-state index in [9.17, 15) is 0 Å². The van der Waals surface area contributed by atoms with E-state index in [-0.39, 0.29) is 0 Å². The molecule has 0 atom stereocenters. The Bertz CT molecular complexity index is 723. The van der Waals surface area contributed by atoms with E-state index in [0.717, 1.165) is 44.2 Å². The number of nitrogens with zero attached hydrogens (tertiary/aromatic N) is 3. The summed E-state index contributed by atoms with van der Waals surface area (Å²) in [6.07, 6.45) is 1.67. The minimum atomic E-state index is 0.542. The summed E-state index contributed by atoms with van der Waals surface area (Å²) in [4.78, 5) is 6.55. The van der Waals surface area contributed by atoms with E-state index in [4.69, 9.17) is 14.7 Å². The average Bonchev–Trinajstić information content (AvgIpc) is 2.68. The fourth-order valence-corrected chi connectivity index (χ4v) is 2.68. The molecule has 1 aliphatic rings. The standard InChI is InChI=1S/C19H22N4O2/c20-14-17-4-2-6-21-19(17)22-15-16-3-1-5-18(13-16)25-12-9-23-7-10-24-11-8-23/h1-6,13H,7-12,15H2,(H,21,22). The molecule has 1 aromatic carbocycles. The third-order valence-corrected chi connectivity index (χ3v) is 4.07. The van der Waals surface area contributed by atoms with Gasteiger partial charge in [0.25, 0.3) is 0 Å². The second-order valence-corrected chi connectivity index (χ2v) is 5.81.